The topological polar surface area (TPSA) is 21.7 Å². The maximum atomic E-state index is 6.77. The first kappa shape index (κ1) is 35.8. The van der Waals surface area contributed by atoms with Crippen LogP contribution in [0.2, 0.25) is 0 Å². The maximum absolute atomic E-state index is 6.77. The number of nitrogens with zero attached hydrogens (tertiary/aromatic N) is 1. The van der Waals surface area contributed by atoms with E-state index in [1.165, 1.54) is 44.2 Å². The van der Waals surface area contributed by atoms with Gasteiger partial charge in [-0.1, -0.05) is 188 Å². The van der Waals surface area contributed by atoms with Crippen LogP contribution in [0.15, 0.2) is 237 Å². The Kier molecular flexibility index (Phi) is 8.39. The number of fused-ring (bicyclic) bond motifs is 7. The molecule has 12 rings (SSSR count). The van der Waals surface area contributed by atoms with E-state index in [9.17, 15) is 0 Å². The van der Waals surface area contributed by atoms with Crippen LogP contribution in [0.5, 0.6) is 23.0 Å². The standard InChI is InChI=1S/C59H39NO2/c1-4-18-40(19-5-1)46-28-16-20-41-21-17-29-48(56(41)46)47-26-11-13-31-52(47)60(44-24-8-3-9-25-44)45-36-34-43(35-37-45)59(42-22-6-2-7-23-42)50-30-12-10-27-49(50)57-51(59)38-39-55-58(57)62-54-33-15-14-32-53(54)61-55/h1-39H. The average Bonchev–Trinajstić information content (AvgIpc) is 3.66. The minimum absolute atomic E-state index is 0.632. The summed E-state index contributed by atoms with van der Waals surface area (Å²) in [6, 6.07) is 84.6. The van der Waals surface area contributed by atoms with Gasteiger partial charge in [-0.2, -0.15) is 0 Å². The quantitative estimate of drug-likeness (QED) is 0.160. The Labute approximate surface area is 361 Å². The van der Waals surface area contributed by atoms with Crippen LogP contribution in [-0.4, -0.2) is 0 Å². The van der Waals surface area contributed by atoms with Gasteiger partial charge in [0, 0.05) is 22.5 Å². The van der Waals surface area contributed by atoms with Gasteiger partial charge in [-0.05, 0) is 104 Å². The van der Waals surface area contributed by atoms with Crippen LogP contribution >= 0.6 is 0 Å². The molecule has 0 saturated heterocycles. The Balaban J connectivity index is 1.05. The van der Waals surface area contributed by atoms with Crippen molar-refractivity contribution in [1.82, 2.24) is 0 Å². The molecule has 62 heavy (non-hydrogen) atoms. The van der Waals surface area contributed by atoms with Crippen molar-refractivity contribution in [3.63, 3.8) is 0 Å². The zero-order valence-electron chi connectivity index (χ0n) is 33.8. The Morgan fingerprint density at radius 1 is 0.339 bits per heavy atom. The van der Waals surface area contributed by atoms with Crippen LogP contribution in [0, 0.1) is 0 Å². The molecule has 0 saturated carbocycles. The summed E-state index contributed by atoms with van der Waals surface area (Å²) in [4.78, 5) is 2.40. The second-order valence-corrected chi connectivity index (χ2v) is 15.9. The van der Waals surface area contributed by atoms with Crippen LogP contribution in [-0.2, 0) is 5.41 Å². The average molecular weight is 794 g/mol. The van der Waals surface area contributed by atoms with Gasteiger partial charge in [0.05, 0.1) is 11.1 Å². The van der Waals surface area contributed by atoms with Crippen molar-refractivity contribution in [2.45, 2.75) is 5.41 Å². The molecule has 2 aliphatic rings. The molecular weight excluding hydrogens is 755 g/mol. The third-order valence-corrected chi connectivity index (χ3v) is 12.6. The van der Waals surface area contributed by atoms with E-state index in [1.807, 2.05) is 24.3 Å². The van der Waals surface area contributed by atoms with Gasteiger partial charge in [-0.3, -0.25) is 0 Å². The fourth-order valence-electron chi connectivity index (χ4n) is 10.0. The Morgan fingerprint density at radius 3 is 1.66 bits per heavy atom. The lowest BCUT2D eigenvalue weighted by Crippen LogP contribution is -2.28. The van der Waals surface area contributed by atoms with Crippen molar-refractivity contribution in [3.05, 3.63) is 259 Å². The van der Waals surface area contributed by atoms with Gasteiger partial charge in [0.1, 0.15) is 0 Å². The molecule has 3 nitrogen and oxygen atoms in total. The Bertz CT molecular complexity index is 3280. The summed E-state index contributed by atoms with van der Waals surface area (Å²) in [6.07, 6.45) is 0. The van der Waals surface area contributed by atoms with Crippen molar-refractivity contribution in [2.24, 2.45) is 0 Å². The normalized spacial score (nSPS) is 14.5. The second-order valence-electron chi connectivity index (χ2n) is 15.9. The van der Waals surface area contributed by atoms with Gasteiger partial charge < -0.3 is 14.4 Å². The molecule has 10 aromatic carbocycles. The second kappa shape index (κ2) is 14.5. The summed E-state index contributed by atoms with van der Waals surface area (Å²) in [7, 11) is 0. The molecule has 292 valence electrons. The highest BCUT2D eigenvalue weighted by Crippen LogP contribution is 2.62. The summed E-state index contributed by atoms with van der Waals surface area (Å²) in [6.45, 7) is 0. The van der Waals surface area contributed by atoms with Crippen molar-refractivity contribution in [2.75, 3.05) is 4.90 Å². The van der Waals surface area contributed by atoms with Crippen LogP contribution in [0.1, 0.15) is 22.3 Å². The van der Waals surface area contributed by atoms with Crippen LogP contribution in [0.3, 0.4) is 0 Å². The van der Waals surface area contributed by atoms with Gasteiger partial charge in [0.2, 0.25) is 0 Å². The van der Waals surface area contributed by atoms with E-state index in [0.717, 1.165) is 56.6 Å². The van der Waals surface area contributed by atoms with E-state index < -0.39 is 5.41 Å². The summed E-state index contributed by atoms with van der Waals surface area (Å²) >= 11 is 0. The number of hydrogen-bond acceptors (Lipinski definition) is 3. The first-order valence-electron chi connectivity index (χ1n) is 21.2. The number of rotatable bonds is 7. The highest BCUT2D eigenvalue weighted by Gasteiger charge is 2.48. The van der Waals surface area contributed by atoms with E-state index in [1.54, 1.807) is 0 Å². The Hall–Kier alpha value is -8.14. The van der Waals surface area contributed by atoms with Crippen LogP contribution in [0.4, 0.5) is 17.1 Å². The molecule has 0 bridgehead atoms. The van der Waals surface area contributed by atoms with Crippen molar-refractivity contribution in [3.8, 4) is 56.4 Å². The van der Waals surface area contributed by atoms with Crippen LogP contribution < -0.4 is 14.4 Å². The molecule has 0 fully saturated rings. The first-order chi connectivity index (χ1) is 30.8. The molecule has 10 aromatic rings. The summed E-state index contributed by atoms with van der Waals surface area (Å²) in [5, 5.41) is 2.44. The van der Waals surface area contributed by atoms with Crippen molar-refractivity contribution < 1.29 is 9.47 Å². The fraction of sp³-hybridized carbons (Fsp3) is 0.0169. The molecule has 0 amide bonds. The minimum Gasteiger partial charge on any atom is -0.449 e. The largest absolute Gasteiger partial charge is 0.449 e. The smallest absolute Gasteiger partial charge is 0.178 e. The number of hydrogen-bond donors (Lipinski definition) is 0. The lowest BCUT2D eigenvalue weighted by Gasteiger charge is -2.35. The lowest BCUT2D eigenvalue weighted by molar-refractivity contribution is 0.360. The minimum atomic E-state index is -0.632. The predicted octanol–water partition coefficient (Wildman–Crippen LogP) is 15.9. The predicted molar refractivity (Wildman–Crippen MR) is 253 cm³/mol. The fourth-order valence-corrected chi connectivity index (χ4v) is 10.0. The zero-order valence-corrected chi connectivity index (χ0v) is 33.8. The van der Waals surface area contributed by atoms with E-state index in [2.05, 4.69) is 217 Å². The lowest BCUT2D eigenvalue weighted by atomic mass is 9.67. The molecule has 3 heteroatoms. The summed E-state index contributed by atoms with van der Waals surface area (Å²) in [5.41, 5.74) is 14.3. The van der Waals surface area contributed by atoms with Crippen LogP contribution in [0.25, 0.3) is 44.2 Å². The van der Waals surface area contributed by atoms with Gasteiger partial charge in [0.25, 0.3) is 0 Å². The maximum Gasteiger partial charge on any atom is 0.178 e. The molecule has 1 atom stereocenters. The Morgan fingerprint density at radius 2 is 0.903 bits per heavy atom. The van der Waals surface area contributed by atoms with E-state index in [-0.39, 0.29) is 0 Å². The molecule has 1 heterocycles. The van der Waals surface area contributed by atoms with E-state index in [0.29, 0.717) is 5.75 Å². The molecular formula is C59H39NO2. The van der Waals surface area contributed by atoms with E-state index >= 15 is 0 Å². The number of para-hydroxylation sites is 4. The summed E-state index contributed by atoms with van der Waals surface area (Å²) < 4.78 is 13.3. The molecule has 1 aliphatic heterocycles. The van der Waals surface area contributed by atoms with Gasteiger partial charge >= 0.3 is 0 Å². The molecule has 0 aromatic heterocycles. The van der Waals surface area contributed by atoms with Crippen molar-refractivity contribution in [1.29, 1.82) is 0 Å². The highest BCUT2D eigenvalue weighted by atomic mass is 16.6. The zero-order chi connectivity index (χ0) is 41.0. The SMILES string of the molecule is c1ccc(-c2cccc3cccc(-c4ccccc4N(c4ccccc4)c4ccc(C5(c6ccccc6)c6ccccc6-c6c5ccc5c6Oc6ccccc6O5)cc4)c23)cc1. The molecule has 0 spiro atoms. The van der Waals surface area contributed by atoms with Crippen molar-refractivity contribution >= 4 is 27.8 Å². The van der Waals surface area contributed by atoms with Gasteiger partial charge in [-0.15, -0.1) is 0 Å². The number of benzene rings is 10. The van der Waals surface area contributed by atoms with E-state index in [4.69, 9.17) is 9.47 Å². The number of anilines is 3. The first-order valence-corrected chi connectivity index (χ1v) is 21.2. The molecule has 1 aliphatic carbocycles. The monoisotopic (exact) mass is 793 g/mol. The number of ether oxygens (including phenoxy) is 2. The third kappa shape index (κ3) is 5.52. The van der Waals surface area contributed by atoms with Gasteiger partial charge in [0.15, 0.2) is 23.0 Å². The highest BCUT2D eigenvalue weighted by molar-refractivity contribution is 6.08. The third-order valence-electron chi connectivity index (χ3n) is 12.6. The summed E-state index contributed by atoms with van der Waals surface area (Å²) in [5.74, 6) is 2.90. The molecule has 1 unspecified atom stereocenters. The van der Waals surface area contributed by atoms with Gasteiger partial charge in [-0.25, -0.2) is 0 Å². The molecule has 0 radical (unpaired) electrons. The molecule has 0 N–H and O–H groups in total.